The lowest BCUT2D eigenvalue weighted by Crippen LogP contribution is -2.30. The number of hydrogen-bond donors (Lipinski definition) is 1. The zero-order valence-corrected chi connectivity index (χ0v) is 17.9. The van der Waals surface area contributed by atoms with Crippen LogP contribution in [0.5, 0.6) is 11.5 Å². The molecule has 33 heavy (non-hydrogen) atoms. The Hall–Kier alpha value is -4.46. The van der Waals surface area contributed by atoms with Crippen molar-refractivity contribution >= 4 is 29.4 Å². The van der Waals surface area contributed by atoms with E-state index in [-0.39, 0.29) is 16.7 Å². The van der Waals surface area contributed by atoms with Crippen molar-refractivity contribution in [3.63, 3.8) is 0 Å². The van der Waals surface area contributed by atoms with Crippen molar-refractivity contribution in [2.24, 2.45) is 0 Å². The Balaban J connectivity index is 1.36. The normalized spacial score (nSPS) is 13.3. The quantitative estimate of drug-likeness (QED) is 0.457. The molecule has 3 amide bonds. The van der Waals surface area contributed by atoms with Gasteiger partial charge in [-0.25, -0.2) is 4.79 Å². The molecule has 8 nitrogen and oxygen atoms in total. The van der Waals surface area contributed by atoms with E-state index in [4.69, 9.17) is 9.47 Å². The molecule has 166 valence electrons. The van der Waals surface area contributed by atoms with Gasteiger partial charge in [-0.05, 0) is 61.5 Å². The first kappa shape index (κ1) is 21.8. The van der Waals surface area contributed by atoms with Gasteiger partial charge >= 0.3 is 5.97 Å². The average molecular weight is 444 g/mol. The fourth-order valence-electron chi connectivity index (χ4n) is 3.25. The number of hydrogen-bond acceptors (Lipinski definition) is 6. The summed E-state index contributed by atoms with van der Waals surface area (Å²) in [6, 6.07) is 20.1. The lowest BCUT2D eigenvalue weighted by atomic mass is 10.1. The monoisotopic (exact) mass is 444 g/mol. The van der Waals surface area contributed by atoms with Gasteiger partial charge in [0.15, 0.2) is 6.10 Å². The summed E-state index contributed by atoms with van der Waals surface area (Å²) in [7, 11) is 1.37. The van der Waals surface area contributed by atoms with Gasteiger partial charge in [-0.3, -0.25) is 19.3 Å². The van der Waals surface area contributed by atoms with Gasteiger partial charge in [0, 0.05) is 12.7 Å². The van der Waals surface area contributed by atoms with Crippen LogP contribution in [0.25, 0.3) is 0 Å². The van der Waals surface area contributed by atoms with Gasteiger partial charge in [0.25, 0.3) is 17.7 Å². The van der Waals surface area contributed by atoms with Gasteiger partial charge in [-0.2, -0.15) is 0 Å². The van der Waals surface area contributed by atoms with Crippen LogP contribution in [0, 0.1) is 0 Å². The summed E-state index contributed by atoms with van der Waals surface area (Å²) in [5.74, 6) is -0.917. The number of benzene rings is 3. The molecule has 0 aromatic heterocycles. The van der Waals surface area contributed by atoms with E-state index in [9.17, 15) is 19.2 Å². The molecule has 3 aromatic carbocycles. The molecule has 0 aliphatic carbocycles. The molecule has 1 unspecified atom stereocenters. The Morgan fingerprint density at radius 3 is 2.18 bits per heavy atom. The third-order valence-electron chi connectivity index (χ3n) is 5.08. The van der Waals surface area contributed by atoms with Crippen LogP contribution in [0.3, 0.4) is 0 Å². The molecule has 0 spiro atoms. The van der Waals surface area contributed by atoms with Crippen LogP contribution in [0.2, 0.25) is 0 Å². The molecule has 3 aromatic rings. The van der Waals surface area contributed by atoms with Crippen molar-refractivity contribution in [1.29, 1.82) is 0 Å². The number of anilines is 1. The van der Waals surface area contributed by atoms with Crippen LogP contribution >= 0.6 is 0 Å². The number of fused-ring (bicyclic) bond motifs is 1. The van der Waals surface area contributed by atoms with Crippen LogP contribution in [-0.2, 0) is 9.53 Å². The lowest BCUT2D eigenvalue weighted by molar-refractivity contribution is -0.123. The van der Waals surface area contributed by atoms with E-state index in [2.05, 4.69) is 5.32 Å². The lowest BCUT2D eigenvalue weighted by Gasteiger charge is -2.14. The Morgan fingerprint density at radius 2 is 1.48 bits per heavy atom. The molecule has 0 saturated carbocycles. The number of nitrogens with one attached hydrogen (secondary N) is 1. The van der Waals surface area contributed by atoms with Gasteiger partial charge < -0.3 is 14.8 Å². The predicted molar refractivity (Wildman–Crippen MR) is 119 cm³/mol. The summed E-state index contributed by atoms with van der Waals surface area (Å²) in [5.41, 5.74) is 0.941. The molecular weight excluding hydrogens is 424 g/mol. The highest BCUT2D eigenvalue weighted by atomic mass is 16.5. The maximum Gasteiger partial charge on any atom is 0.338 e. The van der Waals surface area contributed by atoms with E-state index in [1.165, 1.54) is 32.2 Å². The van der Waals surface area contributed by atoms with Crippen molar-refractivity contribution in [3.05, 3.63) is 89.5 Å². The van der Waals surface area contributed by atoms with Gasteiger partial charge in [0.05, 0.1) is 16.7 Å². The number of carbonyl (C=O) groups is 4. The van der Waals surface area contributed by atoms with Crippen molar-refractivity contribution in [2.45, 2.75) is 13.0 Å². The maximum absolute atomic E-state index is 12.5. The zero-order chi connectivity index (χ0) is 23.5. The van der Waals surface area contributed by atoms with Crippen molar-refractivity contribution in [2.75, 3.05) is 12.4 Å². The van der Waals surface area contributed by atoms with E-state index < -0.39 is 29.8 Å². The van der Waals surface area contributed by atoms with Crippen molar-refractivity contribution in [1.82, 2.24) is 4.90 Å². The molecule has 1 N–H and O–H groups in total. The number of esters is 1. The standard InChI is InChI=1S/C25H20N2O6/c1-15(32-25(31)16-8-13-20-21(14-16)24(30)27(2)23(20)29)22(28)26-17-9-11-19(12-10-17)33-18-6-4-3-5-7-18/h3-15H,1-2H3,(H,26,28). The van der Waals surface area contributed by atoms with Crippen LogP contribution in [0.15, 0.2) is 72.8 Å². The fourth-order valence-corrected chi connectivity index (χ4v) is 3.25. The third-order valence-corrected chi connectivity index (χ3v) is 5.08. The van der Waals surface area contributed by atoms with Crippen LogP contribution < -0.4 is 10.1 Å². The van der Waals surface area contributed by atoms with Gasteiger partial charge in [-0.15, -0.1) is 0 Å². The Labute approximate surface area is 189 Å². The zero-order valence-electron chi connectivity index (χ0n) is 17.9. The number of imide groups is 1. The highest BCUT2D eigenvalue weighted by Crippen LogP contribution is 2.24. The maximum atomic E-state index is 12.5. The first-order valence-electron chi connectivity index (χ1n) is 10.1. The predicted octanol–water partition coefficient (Wildman–Crippen LogP) is 3.89. The molecule has 1 aliphatic heterocycles. The Bertz CT molecular complexity index is 1240. The van der Waals surface area contributed by atoms with Gasteiger partial charge in [0.2, 0.25) is 0 Å². The number of ether oxygens (including phenoxy) is 2. The molecule has 0 radical (unpaired) electrons. The fraction of sp³-hybridized carbons (Fsp3) is 0.120. The molecular formula is C25H20N2O6. The Kier molecular flexibility index (Phi) is 5.91. The number of nitrogens with zero attached hydrogens (tertiary/aromatic N) is 1. The highest BCUT2D eigenvalue weighted by Gasteiger charge is 2.33. The molecule has 8 heteroatoms. The summed E-state index contributed by atoms with van der Waals surface area (Å²) >= 11 is 0. The molecule has 0 saturated heterocycles. The minimum atomic E-state index is -1.09. The average Bonchev–Trinajstić information content (AvgIpc) is 3.04. The summed E-state index contributed by atoms with van der Waals surface area (Å²) in [6.07, 6.45) is -1.09. The second-order valence-electron chi connectivity index (χ2n) is 7.41. The van der Waals surface area contributed by atoms with Crippen LogP contribution in [0.1, 0.15) is 38.0 Å². The van der Waals surface area contributed by atoms with Crippen molar-refractivity contribution in [3.8, 4) is 11.5 Å². The van der Waals surface area contributed by atoms with E-state index in [1.807, 2.05) is 30.3 Å². The number of amides is 3. The largest absolute Gasteiger partial charge is 0.457 e. The first-order valence-corrected chi connectivity index (χ1v) is 10.1. The summed E-state index contributed by atoms with van der Waals surface area (Å²) in [6.45, 7) is 1.44. The number of carbonyl (C=O) groups excluding carboxylic acids is 4. The minimum Gasteiger partial charge on any atom is -0.457 e. The van der Waals surface area contributed by atoms with Crippen LogP contribution in [0.4, 0.5) is 5.69 Å². The second kappa shape index (κ2) is 8.96. The summed E-state index contributed by atoms with van der Waals surface area (Å²) < 4.78 is 10.9. The van der Waals surface area contributed by atoms with E-state index in [0.29, 0.717) is 17.2 Å². The number of rotatable bonds is 6. The van der Waals surface area contributed by atoms with Gasteiger partial charge in [0.1, 0.15) is 11.5 Å². The van der Waals surface area contributed by atoms with E-state index in [1.54, 1.807) is 24.3 Å². The smallest absolute Gasteiger partial charge is 0.338 e. The minimum absolute atomic E-state index is 0.0762. The molecule has 1 aliphatic rings. The Morgan fingerprint density at radius 1 is 0.848 bits per heavy atom. The van der Waals surface area contributed by atoms with E-state index >= 15 is 0 Å². The van der Waals surface area contributed by atoms with E-state index in [0.717, 1.165) is 4.90 Å². The SMILES string of the molecule is CC(OC(=O)c1ccc2c(c1)C(=O)N(C)C2=O)C(=O)Nc1ccc(Oc2ccccc2)cc1. The topological polar surface area (TPSA) is 102 Å². The highest BCUT2D eigenvalue weighted by molar-refractivity contribution is 6.21. The second-order valence-corrected chi connectivity index (χ2v) is 7.41. The molecule has 0 bridgehead atoms. The summed E-state index contributed by atoms with van der Waals surface area (Å²) in [5, 5.41) is 2.67. The molecule has 1 atom stereocenters. The van der Waals surface area contributed by atoms with Gasteiger partial charge in [-0.1, -0.05) is 18.2 Å². The van der Waals surface area contributed by atoms with Crippen LogP contribution in [-0.4, -0.2) is 41.7 Å². The first-order chi connectivity index (χ1) is 15.8. The molecule has 4 rings (SSSR count). The number of para-hydroxylation sites is 1. The molecule has 0 fully saturated rings. The summed E-state index contributed by atoms with van der Waals surface area (Å²) in [4.78, 5) is 50.0. The van der Waals surface area contributed by atoms with Crippen molar-refractivity contribution < 1.29 is 28.7 Å². The molecule has 1 heterocycles. The third kappa shape index (κ3) is 4.59.